The standard InChI is InChI=1S/C14H16N2O2S/c15-16-14(17)13(11-5-2-1-3-6-11)18-9-8-12-7-4-10-19-12/h1-7,10,13H,8-9,15H2,(H,16,17). The van der Waals surface area contributed by atoms with E-state index in [1.165, 1.54) is 4.88 Å². The van der Waals surface area contributed by atoms with Gasteiger partial charge in [-0.25, -0.2) is 5.84 Å². The zero-order valence-corrected chi connectivity index (χ0v) is 11.2. The van der Waals surface area contributed by atoms with Crippen molar-refractivity contribution in [2.24, 2.45) is 5.84 Å². The predicted molar refractivity (Wildman–Crippen MR) is 75.5 cm³/mol. The Morgan fingerprint density at radius 3 is 2.68 bits per heavy atom. The molecule has 0 aliphatic rings. The van der Waals surface area contributed by atoms with Crippen LogP contribution >= 0.6 is 11.3 Å². The van der Waals surface area contributed by atoms with Gasteiger partial charge in [0, 0.05) is 11.3 Å². The van der Waals surface area contributed by atoms with Gasteiger partial charge in [-0.2, -0.15) is 0 Å². The molecule has 0 fully saturated rings. The lowest BCUT2D eigenvalue weighted by atomic mass is 10.1. The van der Waals surface area contributed by atoms with Crippen molar-refractivity contribution >= 4 is 17.2 Å². The normalized spacial score (nSPS) is 12.1. The molecule has 100 valence electrons. The van der Waals surface area contributed by atoms with E-state index >= 15 is 0 Å². The van der Waals surface area contributed by atoms with Crippen LogP contribution in [0.4, 0.5) is 0 Å². The van der Waals surface area contributed by atoms with E-state index in [2.05, 4.69) is 11.5 Å². The van der Waals surface area contributed by atoms with Gasteiger partial charge in [0.05, 0.1) is 6.61 Å². The molecule has 0 aliphatic heterocycles. The molecule has 0 aliphatic carbocycles. The molecule has 19 heavy (non-hydrogen) atoms. The van der Waals surface area contributed by atoms with Crippen molar-refractivity contribution in [2.75, 3.05) is 6.61 Å². The second kappa shape index (κ2) is 7.04. The third-order valence-electron chi connectivity index (χ3n) is 2.70. The molecule has 1 unspecified atom stereocenters. The summed E-state index contributed by atoms with van der Waals surface area (Å²) in [5.74, 6) is 4.86. The minimum Gasteiger partial charge on any atom is -0.363 e. The molecule has 0 saturated carbocycles. The Hall–Kier alpha value is -1.69. The molecule has 1 aromatic heterocycles. The molecular formula is C14H16N2O2S. The fourth-order valence-corrected chi connectivity index (χ4v) is 2.45. The van der Waals surface area contributed by atoms with Crippen LogP contribution in [-0.2, 0) is 16.0 Å². The van der Waals surface area contributed by atoms with Gasteiger partial charge in [0.25, 0.3) is 5.91 Å². The van der Waals surface area contributed by atoms with E-state index in [0.29, 0.717) is 6.61 Å². The second-order valence-corrected chi connectivity index (χ2v) is 5.03. The van der Waals surface area contributed by atoms with Gasteiger partial charge in [0.1, 0.15) is 0 Å². The molecule has 0 bridgehead atoms. The number of ether oxygens (including phenoxy) is 1. The summed E-state index contributed by atoms with van der Waals surface area (Å²) < 4.78 is 5.67. The van der Waals surface area contributed by atoms with Crippen molar-refractivity contribution in [1.82, 2.24) is 5.43 Å². The zero-order valence-electron chi connectivity index (χ0n) is 10.4. The topological polar surface area (TPSA) is 64.3 Å². The number of nitrogens with one attached hydrogen (secondary N) is 1. The number of hydrogen-bond acceptors (Lipinski definition) is 4. The van der Waals surface area contributed by atoms with Gasteiger partial charge in [0.2, 0.25) is 0 Å². The third kappa shape index (κ3) is 3.89. The Morgan fingerprint density at radius 2 is 2.05 bits per heavy atom. The van der Waals surface area contributed by atoms with Gasteiger partial charge in [-0.3, -0.25) is 10.2 Å². The minimum atomic E-state index is -0.661. The summed E-state index contributed by atoms with van der Waals surface area (Å²) in [7, 11) is 0. The lowest BCUT2D eigenvalue weighted by molar-refractivity contribution is -0.133. The maximum atomic E-state index is 11.7. The van der Waals surface area contributed by atoms with Crippen LogP contribution in [0.25, 0.3) is 0 Å². The van der Waals surface area contributed by atoms with E-state index in [1.54, 1.807) is 11.3 Å². The van der Waals surface area contributed by atoms with E-state index in [-0.39, 0.29) is 5.91 Å². The van der Waals surface area contributed by atoms with Crippen molar-refractivity contribution in [3.63, 3.8) is 0 Å². The summed E-state index contributed by atoms with van der Waals surface area (Å²) in [6.45, 7) is 0.480. The van der Waals surface area contributed by atoms with Crippen LogP contribution in [0.3, 0.4) is 0 Å². The van der Waals surface area contributed by atoms with E-state index in [4.69, 9.17) is 10.6 Å². The van der Waals surface area contributed by atoms with E-state index in [9.17, 15) is 4.79 Å². The molecule has 2 rings (SSSR count). The fourth-order valence-electron chi connectivity index (χ4n) is 1.76. The first-order valence-corrected chi connectivity index (χ1v) is 6.88. The summed E-state index contributed by atoms with van der Waals surface area (Å²) in [6, 6.07) is 13.4. The minimum absolute atomic E-state index is 0.336. The fraction of sp³-hybridized carbons (Fsp3) is 0.214. The Balaban J connectivity index is 1.97. The molecule has 0 radical (unpaired) electrons. The van der Waals surface area contributed by atoms with Gasteiger partial charge in [-0.1, -0.05) is 36.4 Å². The Labute approximate surface area is 116 Å². The van der Waals surface area contributed by atoms with Crippen LogP contribution in [0, 0.1) is 0 Å². The van der Waals surface area contributed by atoms with E-state index < -0.39 is 6.10 Å². The summed E-state index contributed by atoms with van der Waals surface area (Å²) >= 11 is 1.68. The number of thiophene rings is 1. The molecule has 0 saturated heterocycles. The molecule has 2 aromatic rings. The lowest BCUT2D eigenvalue weighted by Gasteiger charge is -2.16. The molecule has 3 N–H and O–H groups in total. The Kier molecular flexibility index (Phi) is 5.09. The molecule has 1 aromatic carbocycles. The molecule has 1 amide bonds. The molecule has 0 spiro atoms. The van der Waals surface area contributed by atoms with Crippen LogP contribution < -0.4 is 11.3 Å². The largest absolute Gasteiger partial charge is 0.363 e. The molecular weight excluding hydrogens is 260 g/mol. The van der Waals surface area contributed by atoms with Crippen LogP contribution in [0.1, 0.15) is 16.5 Å². The Bertz CT molecular complexity index is 499. The SMILES string of the molecule is NNC(=O)C(OCCc1cccs1)c1ccccc1. The highest BCUT2D eigenvalue weighted by Gasteiger charge is 2.20. The first kappa shape index (κ1) is 13.7. The van der Waals surface area contributed by atoms with Gasteiger partial charge in [-0.15, -0.1) is 11.3 Å². The van der Waals surface area contributed by atoms with Crippen molar-refractivity contribution < 1.29 is 9.53 Å². The van der Waals surface area contributed by atoms with Gasteiger partial charge in [0.15, 0.2) is 6.10 Å². The molecule has 1 heterocycles. The second-order valence-electron chi connectivity index (χ2n) is 4.00. The van der Waals surface area contributed by atoms with Crippen LogP contribution in [0.15, 0.2) is 47.8 Å². The monoisotopic (exact) mass is 276 g/mol. The molecule has 1 atom stereocenters. The number of rotatable bonds is 6. The number of hydrazine groups is 1. The highest BCUT2D eigenvalue weighted by molar-refractivity contribution is 7.09. The Morgan fingerprint density at radius 1 is 1.26 bits per heavy atom. The van der Waals surface area contributed by atoms with Crippen molar-refractivity contribution in [3.05, 3.63) is 58.3 Å². The van der Waals surface area contributed by atoms with Crippen molar-refractivity contribution in [1.29, 1.82) is 0 Å². The van der Waals surface area contributed by atoms with E-state index in [0.717, 1.165) is 12.0 Å². The lowest BCUT2D eigenvalue weighted by Crippen LogP contribution is -2.36. The van der Waals surface area contributed by atoms with Gasteiger partial charge >= 0.3 is 0 Å². The number of carbonyl (C=O) groups is 1. The van der Waals surface area contributed by atoms with Crippen molar-refractivity contribution in [2.45, 2.75) is 12.5 Å². The zero-order chi connectivity index (χ0) is 13.5. The maximum Gasteiger partial charge on any atom is 0.267 e. The number of benzene rings is 1. The van der Waals surface area contributed by atoms with E-state index in [1.807, 2.05) is 41.8 Å². The number of amides is 1. The maximum absolute atomic E-state index is 11.7. The molecule has 5 heteroatoms. The van der Waals surface area contributed by atoms with Crippen LogP contribution in [-0.4, -0.2) is 12.5 Å². The third-order valence-corrected chi connectivity index (χ3v) is 3.63. The first-order valence-electron chi connectivity index (χ1n) is 6.00. The van der Waals surface area contributed by atoms with Crippen LogP contribution in [0.2, 0.25) is 0 Å². The smallest absolute Gasteiger partial charge is 0.267 e. The number of nitrogens with two attached hydrogens (primary N) is 1. The first-order chi connectivity index (χ1) is 9.31. The summed E-state index contributed by atoms with van der Waals surface area (Å²) in [5.41, 5.74) is 2.95. The summed E-state index contributed by atoms with van der Waals surface area (Å²) in [5, 5.41) is 2.02. The number of carbonyl (C=O) groups excluding carboxylic acids is 1. The molecule has 4 nitrogen and oxygen atoms in total. The highest BCUT2D eigenvalue weighted by atomic mass is 32.1. The highest BCUT2D eigenvalue weighted by Crippen LogP contribution is 2.18. The predicted octanol–water partition coefficient (Wildman–Crippen LogP) is 2.04. The average molecular weight is 276 g/mol. The van der Waals surface area contributed by atoms with Gasteiger partial charge < -0.3 is 4.74 Å². The van der Waals surface area contributed by atoms with Gasteiger partial charge in [-0.05, 0) is 17.0 Å². The number of hydrogen-bond donors (Lipinski definition) is 2. The van der Waals surface area contributed by atoms with Crippen LogP contribution in [0.5, 0.6) is 0 Å². The quantitative estimate of drug-likeness (QED) is 0.482. The van der Waals surface area contributed by atoms with Crippen molar-refractivity contribution in [3.8, 4) is 0 Å². The average Bonchev–Trinajstić information content (AvgIpc) is 2.97. The summed E-state index contributed by atoms with van der Waals surface area (Å²) in [4.78, 5) is 13.0. The summed E-state index contributed by atoms with van der Waals surface area (Å²) in [6.07, 6.45) is 0.130.